The van der Waals surface area contributed by atoms with Gasteiger partial charge in [-0.05, 0) is 20.2 Å². The first kappa shape index (κ1) is 12.7. The standard InChI is InChI=1S/C14H14N4O2/c1-17(2)5-6-18-4-3-9-12(18)14(20)10-7-15-8-16-11(10)13(9)19/h3-4,7-8H,5-6H2,1-2H3. The maximum absolute atomic E-state index is 12.5. The van der Waals surface area contributed by atoms with E-state index < -0.39 is 0 Å². The molecule has 2 heterocycles. The molecule has 3 rings (SSSR count). The maximum atomic E-state index is 12.5. The number of fused-ring (bicyclic) bond motifs is 2. The number of nitrogens with zero attached hydrogens (tertiary/aromatic N) is 4. The highest BCUT2D eigenvalue weighted by Gasteiger charge is 2.33. The average Bonchev–Trinajstić information content (AvgIpc) is 2.87. The first-order valence-corrected chi connectivity index (χ1v) is 6.33. The van der Waals surface area contributed by atoms with Crippen LogP contribution in [0.1, 0.15) is 32.1 Å². The van der Waals surface area contributed by atoms with Crippen LogP contribution >= 0.6 is 0 Å². The van der Waals surface area contributed by atoms with E-state index in [4.69, 9.17) is 0 Å². The molecule has 0 aromatic carbocycles. The van der Waals surface area contributed by atoms with E-state index in [-0.39, 0.29) is 22.8 Å². The number of carbonyl (C=O) groups is 2. The molecule has 20 heavy (non-hydrogen) atoms. The largest absolute Gasteiger partial charge is 0.343 e. The van der Waals surface area contributed by atoms with Crippen molar-refractivity contribution in [1.82, 2.24) is 19.4 Å². The molecule has 1 aliphatic carbocycles. The summed E-state index contributed by atoms with van der Waals surface area (Å²) in [5.74, 6) is -0.389. The molecule has 0 unspecified atom stereocenters. The Morgan fingerprint density at radius 2 is 2.00 bits per heavy atom. The average molecular weight is 270 g/mol. The lowest BCUT2D eigenvalue weighted by Gasteiger charge is -2.17. The Labute approximate surface area is 116 Å². The van der Waals surface area contributed by atoms with Gasteiger partial charge in [0.2, 0.25) is 11.6 Å². The minimum atomic E-state index is -0.208. The zero-order chi connectivity index (χ0) is 14.3. The predicted octanol–water partition coefficient (Wildman–Crippen LogP) is 0.615. The van der Waals surface area contributed by atoms with Gasteiger partial charge in [-0.2, -0.15) is 0 Å². The molecule has 0 bridgehead atoms. The summed E-state index contributed by atoms with van der Waals surface area (Å²) in [6.07, 6.45) is 4.48. The molecule has 0 saturated heterocycles. The zero-order valence-electron chi connectivity index (χ0n) is 11.3. The van der Waals surface area contributed by atoms with Gasteiger partial charge < -0.3 is 9.47 Å². The monoisotopic (exact) mass is 270 g/mol. The highest BCUT2D eigenvalue weighted by molar-refractivity contribution is 6.27. The third kappa shape index (κ3) is 1.85. The Kier molecular flexibility index (Phi) is 2.94. The summed E-state index contributed by atoms with van der Waals surface area (Å²) >= 11 is 0. The van der Waals surface area contributed by atoms with Gasteiger partial charge in [-0.15, -0.1) is 0 Å². The van der Waals surface area contributed by atoms with E-state index in [1.807, 2.05) is 23.6 Å². The van der Waals surface area contributed by atoms with Crippen LogP contribution < -0.4 is 0 Å². The molecule has 0 fully saturated rings. The van der Waals surface area contributed by atoms with Crippen molar-refractivity contribution in [3.8, 4) is 0 Å². The van der Waals surface area contributed by atoms with E-state index >= 15 is 0 Å². The fourth-order valence-electron chi connectivity index (χ4n) is 2.33. The summed E-state index contributed by atoms with van der Waals surface area (Å²) in [6.45, 7) is 1.45. The number of hydrogen-bond donors (Lipinski definition) is 0. The van der Waals surface area contributed by atoms with E-state index in [0.29, 0.717) is 17.8 Å². The van der Waals surface area contributed by atoms with E-state index in [2.05, 4.69) is 9.97 Å². The SMILES string of the molecule is CN(C)CCn1ccc2c1C(=O)c1cncnc1C2=O. The number of rotatable bonds is 3. The molecule has 0 N–H and O–H groups in total. The van der Waals surface area contributed by atoms with E-state index in [9.17, 15) is 9.59 Å². The molecule has 0 saturated carbocycles. The van der Waals surface area contributed by atoms with Gasteiger partial charge in [0.15, 0.2) is 0 Å². The van der Waals surface area contributed by atoms with Gasteiger partial charge in [-0.3, -0.25) is 9.59 Å². The van der Waals surface area contributed by atoms with Gasteiger partial charge in [0, 0.05) is 25.5 Å². The minimum absolute atomic E-state index is 0.182. The molecule has 0 spiro atoms. The topological polar surface area (TPSA) is 68.1 Å². The lowest BCUT2D eigenvalue weighted by atomic mass is 9.93. The smallest absolute Gasteiger partial charge is 0.214 e. The third-order valence-electron chi connectivity index (χ3n) is 3.38. The van der Waals surface area contributed by atoms with Crippen LogP contribution in [0.3, 0.4) is 0 Å². The van der Waals surface area contributed by atoms with Crippen molar-refractivity contribution < 1.29 is 9.59 Å². The van der Waals surface area contributed by atoms with Crippen molar-refractivity contribution in [3.63, 3.8) is 0 Å². The molecule has 0 amide bonds. The Morgan fingerprint density at radius 1 is 1.20 bits per heavy atom. The van der Waals surface area contributed by atoms with Crippen molar-refractivity contribution in [2.24, 2.45) is 0 Å². The second kappa shape index (κ2) is 4.64. The molecule has 2 aromatic heterocycles. The Bertz CT molecular complexity index is 703. The maximum Gasteiger partial charge on any atom is 0.214 e. The molecule has 1 aliphatic rings. The van der Waals surface area contributed by atoms with Crippen LogP contribution in [-0.4, -0.2) is 51.6 Å². The summed E-state index contributed by atoms with van der Waals surface area (Å²) in [5, 5.41) is 0. The fourth-order valence-corrected chi connectivity index (χ4v) is 2.33. The van der Waals surface area contributed by atoms with E-state index in [0.717, 1.165) is 6.54 Å². The van der Waals surface area contributed by atoms with Crippen LogP contribution in [0.15, 0.2) is 24.8 Å². The van der Waals surface area contributed by atoms with Gasteiger partial charge in [0.1, 0.15) is 17.7 Å². The Balaban J connectivity index is 2.06. The summed E-state index contributed by atoms with van der Waals surface area (Å²) in [4.78, 5) is 34.7. The number of aromatic nitrogens is 3. The summed E-state index contributed by atoms with van der Waals surface area (Å²) in [6, 6.07) is 1.69. The quantitative estimate of drug-likeness (QED) is 0.697. The number of carbonyl (C=O) groups excluding carboxylic acids is 2. The first-order chi connectivity index (χ1) is 9.59. The normalized spacial score (nSPS) is 13.6. The zero-order valence-corrected chi connectivity index (χ0v) is 11.3. The molecule has 0 radical (unpaired) electrons. The summed E-state index contributed by atoms with van der Waals surface area (Å²) in [5.41, 5.74) is 1.36. The van der Waals surface area contributed by atoms with Gasteiger partial charge in [-0.1, -0.05) is 0 Å². The van der Waals surface area contributed by atoms with Gasteiger partial charge in [-0.25, -0.2) is 9.97 Å². The summed E-state index contributed by atoms with van der Waals surface area (Å²) < 4.78 is 1.82. The molecule has 0 aliphatic heterocycles. The molecule has 6 heteroatoms. The third-order valence-corrected chi connectivity index (χ3v) is 3.38. The molecule has 6 nitrogen and oxygen atoms in total. The van der Waals surface area contributed by atoms with Gasteiger partial charge >= 0.3 is 0 Å². The van der Waals surface area contributed by atoms with Gasteiger partial charge in [0.25, 0.3) is 0 Å². The van der Waals surface area contributed by atoms with Crippen LogP contribution in [0.5, 0.6) is 0 Å². The second-order valence-electron chi connectivity index (χ2n) is 5.02. The number of ketones is 2. The number of hydrogen-bond acceptors (Lipinski definition) is 5. The highest BCUT2D eigenvalue weighted by Crippen LogP contribution is 2.26. The molecular weight excluding hydrogens is 256 g/mol. The predicted molar refractivity (Wildman–Crippen MR) is 71.9 cm³/mol. The molecular formula is C14H14N4O2. The van der Waals surface area contributed by atoms with Crippen molar-refractivity contribution >= 4 is 11.6 Å². The van der Waals surface area contributed by atoms with E-state index in [1.165, 1.54) is 12.5 Å². The van der Waals surface area contributed by atoms with Crippen molar-refractivity contribution in [2.75, 3.05) is 20.6 Å². The second-order valence-corrected chi connectivity index (χ2v) is 5.02. The lowest BCUT2D eigenvalue weighted by molar-refractivity contribution is 0.0969. The number of likely N-dealkylation sites (N-methyl/N-ethyl adjacent to an activating group) is 1. The van der Waals surface area contributed by atoms with Crippen LogP contribution in [0.4, 0.5) is 0 Å². The summed E-state index contributed by atoms with van der Waals surface area (Å²) in [7, 11) is 3.93. The van der Waals surface area contributed by atoms with Crippen molar-refractivity contribution in [1.29, 1.82) is 0 Å². The Hall–Kier alpha value is -2.34. The van der Waals surface area contributed by atoms with Crippen molar-refractivity contribution in [3.05, 3.63) is 47.3 Å². The molecule has 2 aromatic rings. The van der Waals surface area contributed by atoms with Gasteiger partial charge in [0.05, 0.1) is 11.1 Å². The van der Waals surface area contributed by atoms with Crippen LogP contribution in [0, 0.1) is 0 Å². The highest BCUT2D eigenvalue weighted by atomic mass is 16.1. The van der Waals surface area contributed by atoms with Crippen LogP contribution in [0.2, 0.25) is 0 Å². The first-order valence-electron chi connectivity index (χ1n) is 6.33. The Morgan fingerprint density at radius 3 is 2.75 bits per heavy atom. The lowest BCUT2D eigenvalue weighted by Crippen LogP contribution is -2.26. The van der Waals surface area contributed by atoms with E-state index in [1.54, 1.807) is 12.3 Å². The van der Waals surface area contributed by atoms with Crippen LogP contribution in [-0.2, 0) is 6.54 Å². The van der Waals surface area contributed by atoms with Crippen LogP contribution in [0.25, 0.3) is 0 Å². The minimum Gasteiger partial charge on any atom is -0.343 e. The fraction of sp³-hybridized carbons (Fsp3) is 0.286. The molecule has 102 valence electrons. The van der Waals surface area contributed by atoms with Crippen molar-refractivity contribution in [2.45, 2.75) is 6.54 Å². The molecule has 0 atom stereocenters.